The molecule has 0 aliphatic carbocycles. The lowest BCUT2D eigenvalue weighted by atomic mass is 10.1. The molecule has 5 rings (SSSR count). The first kappa shape index (κ1) is 32.3. The highest BCUT2D eigenvalue weighted by atomic mass is 16.5. The van der Waals surface area contributed by atoms with Crippen molar-refractivity contribution in [1.82, 2.24) is 41.9 Å². The average Bonchev–Trinajstić information content (AvgIpc) is 3.04. The molecule has 4 heterocycles. The Hall–Kier alpha value is -3.12. The van der Waals surface area contributed by atoms with Gasteiger partial charge in [-0.25, -0.2) is 0 Å². The number of aromatic nitrogens is 2. The van der Waals surface area contributed by atoms with Crippen molar-refractivity contribution in [3.63, 3.8) is 0 Å². The number of hydrogen-bond acceptors (Lipinski definition) is 10. The van der Waals surface area contributed by atoms with Crippen molar-refractivity contribution in [2.24, 2.45) is 0 Å². The summed E-state index contributed by atoms with van der Waals surface area (Å²) in [6.07, 6.45) is 4.41. The minimum Gasteiger partial charge on any atom is -0.489 e. The zero-order chi connectivity index (χ0) is 30.1. The van der Waals surface area contributed by atoms with E-state index in [1.165, 1.54) is 0 Å². The molecule has 1 aromatic carbocycles. The monoisotopic (exact) mass is 602 g/mol. The number of pyridine rings is 2. The summed E-state index contributed by atoms with van der Waals surface area (Å²) in [6, 6.07) is 16.7. The predicted octanol–water partition coefficient (Wildman–Crippen LogP) is 2.76. The molecular weight excluding hydrogens is 552 g/mol. The fraction of sp³-hybridized carbons (Fsp3) is 0.529. The van der Waals surface area contributed by atoms with Crippen molar-refractivity contribution in [2.75, 3.05) is 52.4 Å². The molecule has 3 aromatic rings. The van der Waals surface area contributed by atoms with E-state index in [4.69, 9.17) is 19.4 Å². The van der Waals surface area contributed by atoms with E-state index in [-0.39, 0.29) is 0 Å². The van der Waals surface area contributed by atoms with Gasteiger partial charge in [-0.1, -0.05) is 18.2 Å². The molecule has 0 saturated heterocycles. The maximum absolute atomic E-state index is 6.30. The highest BCUT2D eigenvalue weighted by Gasteiger charge is 2.09. The molecule has 0 spiro atoms. The van der Waals surface area contributed by atoms with E-state index in [0.717, 1.165) is 150 Å². The Morgan fingerprint density at radius 2 is 0.795 bits per heavy atom. The normalized spacial score (nSPS) is 18.0. The van der Waals surface area contributed by atoms with Crippen LogP contribution in [-0.4, -0.2) is 62.3 Å². The zero-order valence-electron chi connectivity index (χ0n) is 26.1. The third-order valence-electron chi connectivity index (χ3n) is 7.67. The van der Waals surface area contributed by atoms with Gasteiger partial charge in [0, 0.05) is 50.4 Å². The van der Waals surface area contributed by atoms with Gasteiger partial charge in [0.2, 0.25) is 0 Å². The van der Waals surface area contributed by atoms with Crippen LogP contribution in [0, 0.1) is 0 Å². The fourth-order valence-corrected chi connectivity index (χ4v) is 5.38. The zero-order valence-corrected chi connectivity index (χ0v) is 26.1. The smallest absolute Gasteiger partial charge is 0.123 e. The van der Waals surface area contributed by atoms with E-state index < -0.39 is 0 Å². The van der Waals surface area contributed by atoms with Crippen molar-refractivity contribution in [1.29, 1.82) is 0 Å². The standard InChI is InChI=1S/C34H50N8O2/c1-6-27(25-43-33-17-29-21-37-12-2-8-35-9-3-13-38-22-30(18-33)41-29)16-28(7-1)26-44-34-19-31-23-39-14-4-10-36-11-5-15-40-24-32(20-34)42-31/h1,6-7,16-20,35-40H,2-5,8-15,21-26H2. The second kappa shape index (κ2) is 18.6. The molecule has 2 aromatic heterocycles. The van der Waals surface area contributed by atoms with Crippen LogP contribution in [0.15, 0.2) is 48.5 Å². The van der Waals surface area contributed by atoms with Crippen LogP contribution in [0.2, 0.25) is 0 Å². The molecule has 2 aliphatic heterocycles. The van der Waals surface area contributed by atoms with Gasteiger partial charge < -0.3 is 41.4 Å². The third-order valence-corrected chi connectivity index (χ3v) is 7.67. The Balaban J connectivity index is 1.18. The van der Waals surface area contributed by atoms with Crippen LogP contribution in [0.3, 0.4) is 0 Å². The van der Waals surface area contributed by atoms with Crippen LogP contribution in [0.5, 0.6) is 11.5 Å². The fourth-order valence-electron chi connectivity index (χ4n) is 5.38. The molecule has 0 unspecified atom stereocenters. The number of benzene rings is 1. The summed E-state index contributed by atoms with van der Waals surface area (Å²) < 4.78 is 12.6. The van der Waals surface area contributed by atoms with Gasteiger partial charge in [0.1, 0.15) is 24.7 Å². The number of rotatable bonds is 6. The maximum Gasteiger partial charge on any atom is 0.123 e. The highest BCUT2D eigenvalue weighted by molar-refractivity contribution is 5.30. The van der Waals surface area contributed by atoms with Crippen LogP contribution in [0.1, 0.15) is 59.6 Å². The van der Waals surface area contributed by atoms with Gasteiger partial charge in [0.15, 0.2) is 0 Å². The first-order valence-electron chi connectivity index (χ1n) is 16.4. The number of ether oxygens (including phenoxy) is 2. The molecule has 0 fully saturated rings. The van der Waals surface area contributed by atoms with Gasteiger partial charge in [0.05, 0.1) is 22.8 Å². The summed E-state index contributed by atoms with van der Waals surface area (Å²) in [5.41, 5.74) is 6.25. The molecule has 0 saturated carbocycles. The number of nitrogens with one attached hydrogen (secondary N) is 6. The van der Waals surface area contributed by atoms with Crippen molar-refractivity contribution in [3.05, 3.63) is 82.4 Å². The second-order valence-corrected chi connectivity index (χ2v) is 11.6. The Morgan fingerprint density at radius 3 is 1.16 bits per heavy atom. The van der Waals surface area contributed by atoms with Crippen LogP contribution >= 0.6 is 0 Å². The van der Waals surface area contributed by atoms with Crippen molar-refractivity contribution >= 4 is 0 Å². The summed E-state index contributed by atoms with van der Waals surface area (Å²) in [5, 5.41) is 21.1. The van der Waals surface area contributed by atoms with Crippen LogP contribution in [0.4, 0.5) is 0 Å². The maximum atomic E-state index is 6.30. The minimum atomic E-state index is 0.486. The van der Waals surface area contributed by atoms with Gasteiger partial charge in [-0.05, 0) is 95.2 Å². The predicted molar refractivity (Wildman–Crippen MR) is 175 cm³/mol. The molecule has 44 heavy (non-hydrogen) atoms. The Kier molecular flexibility index (Phi) is 13.7. The summed E-state index contributed by atoms with van der Waals surface area (Å²) in [5.74, 6) is 1.70. The minimum absolute atomic E-state index is 0.486. The molecule has 10 nitrogen and oxygen atoms in total. The van der Waals surface area contributed by atoms with Crippen molar-refractivity contribution in [3.8, 4) is 11.5 Å². The average molecular weight is 603 g/mol. The quantitative estimate of drug-likeness (QED) is 0.252. The molecule has 0 atom stereocenters. The van der Waals surface area contributed by atoms with E-state index in [9.17, 15) is 0 Å². The van der Waals surface area contributed by atoms with Gasteiger partial charge in [-0.2, -0.15) is 0 Å². The summed E-state index contributed by atoms with van der Waals surface area (Å²) >= 11 is 0. The number of nitrogens with zero attached hydrogens (tertiary/aromatic N) is 2. The lowest BCUT2D eigenvalue weighted by molar-refractivity contribution is 0.298. The third kappa shape index (κ3) is 11.8. The molecule has 238 valence electrons. The van der Waals surface area contributed by atoms with E-state index in [1.54, 1.807) is 0 Å². The first-order valence-corrected chi connectivity index (χ1v) is 16.4. The van der Waals surface area contributed by atoms with Crippen molar-refractivity contribution in [2.45, 2.75) is 65.1 Å². The molecular formula is C34H50N8O2. The van der Waals surface area contributed by atoms with Gasteiger partial charge in [0.25, 0.3) is 0 Å². The van der Waals surface area contributed by atoms with Crippen LogP contribution in [0.25, 0.3) is 0 Å². The molecule has 10 heteroatoms. The van der Waals surface area contributed by atoms with Gasteiger partial charge in [-0.15, -0.1) is 0 Å². The van der Waals surface area contributed by atoms with E-state index >= 15 is 0 Å². The Bertz CT molecular complexity index is 1120. The first-order chi connectivity index (χ1) is 21.8. The lowest BCUT2D eigenvalue weighted by Gasteiger charge is -2.14. The number of fused-ring (bicyclic) bond motifs is 4. The lowest BCUT2D eigenvalue weighted by Crippen LogP contribution is -2.26. The largest absolute Gasteiger partial charge is 0.489 e. The van der Waals surface area contributed by atoms with E-state index in [2.05, 4.69) is 80.4 Å². The molecule has 2 aliphatic rings. The van der Waals surface area contributed by atoms with Crippen LogP contribution < -0.4 is 41.4 Å². The molecule has 0 radical (unpaired) electrons. The Morgan fingerprint density at radius 1 is 0.455 bits per heavy atom. The summed E-state index contributed by atoms with van der Waals surface area (Å²) in [4.78, 5) is 9.70. The topological polar surface area (TPSA) is 116 Å². The van der Waals surface area contributed by atoms with Crippen molar-refractivity contribution < 1.29 is 9.47 Å². The molecule has 4 bridgehead atoms. The van der Waals surface area contributed by atoms with Gasteiger partial charge in [-0.3, -0.25) is 9.97 Å². The summed E-state index contributed by atoms with van der Waals surface area (Å²) in [6.45, 7) is 11.9. The molecule has 6 N–H and O–H groups in total. The van der Waals surface area contributed by atoms with E-state index in [1.807, 2.05) is 0 Å². The SMILES string of the molecule is c1cc(COc2cc3nc(c2)CNCCCNCCCNC3)cc(COc2cc3nc(c2)CNCCCNCCCNC3)c1. The van der Waals surface area contributed by atoms with Crippen LogP contribution in [-0.2, 0) is 39.4 Å². The second-order valence-electron chi connectivity index (χ2n) is 11.6. The van der Waals surface area contributed by atoms with E-state index in [0.29, 0.717) is 13.2 Å². The number of hydrogen-bond donors (Lipinski definition) is 6. The Labute approximate surface area is 262 Å². The highest BCUT2D eigenvalue weighted by Crippen LogP contribution is 2.19. The summed E-state index contributed by atoms with van der Waals surface area (Å²) in [7, 11) is 0. The van der Waals surface area contributed by atoms with Gasteiger partial charge >= 0.3 is 0 Å². The molecule has 0 amide bonds.